The van der Waals surface area contributed by atoms with Gasteiger partial charge in [-0.05, 0) is 25.5 Å². The van der Waals surface area contributed by atoms with E-state index in [9.17, 15) is 0 Å². The van der Waals surface area contributed by atoms with Crippen LogP contribution in [0.2, 0.25) is 5.15 Å². The number of hydrogen-bond donors (Lipinski definition) is 2. The minimum Gasteiger partial charge on any atom is -0.330 e. The zero-order chi connectivity index (χ0) is 9.68. The zero-order valence-corrected chi connectivity index (χ0v) is 9.39. The Labute approximate surface area is 95.2 Å². The van der Waals surface area contributed by atoms with Crippen LogP contribution in [-0.2, 0) is 0 Å². The van der Waals surface area contributed by atoms with E-state index in [2.05, 4.69) is 4.98 Å². The van der Waals surface area contributed by atoms with Gasteiger partial charge in [-0.25, -0.2) is 4.98 Å². The molecule has 1 aromatic heterocycles. The Morgan fingerprint density at radius 3 is 2.79 bits per heavy atom. The van der Waals surface area contributed by atoms with Gasteiger partial charge in [0, 0.05) is 17.8 Å². The highest BCUT2D eigenvalue weighted by Gasteiger charge is 2.09. The largest absolute Gasteiger partial charge is 0.330 e. The molecule has 0 spiro atoms. The highest BCUT2D eigenvalue weighted by Crippen LogP contribution is 2.21. The summed E-state index contributed by atoms with van der Waals surface area (Å²) >= 11 is 5.88. The van der Waals surface area contributed by atoms with Gasteiger partial charge < -0.3 is 11.5 Å². The summed E-state index contributed by atoms with van der Waals surface area (Å²) in [6, 6.07) is 3.68. The normalized spacial score (nSPS) is 11.9. The average Bonchev–Trinajstić information content (AvgIpc) is 2.15. The van der Waals surface area contributed by atoms with E-state index in [0.717, 1.165) is 18.4 Å². The van der Waals surface area contributed by atoms with Crippen molar-refractivity contribution in [2.24, 2.45) is 11.5 Å². The molecule has 5 heteroatoms. The van der Waals surface area contributed by atoms with Gasteiger partial charge in [0.05, 0.1) is 0 Å². The molecule has 0 saturated heterocycles. The van der Waals surface area contributed by atoms with E-state index in [1.807, 2.05) is 12.1 Å². The maximum atomic E-state index is 5.90. The molecule has 0 aliphatic rings. The molecule has 1 heterocycles. The van der Waals surface area contributed by atoms with Crippen molar-refractivity contribution >= 4 is 24.0 Å². The summed E-state index contributed by atoms with van der Waals surface area (Å²) in [4.78, 5) is 3.96. The van der Waals surface area contributed by atoms with Crippen molar-refractivity contribution < 1.29 is 0 Å². The van der Waals surface area contributed by atoms with E-state index in [-0.39, 0.29) is 18.4 Å². The minimum absolute atomic E-state index is 0. The van der Waals surface area contributed by atoms with Gasteiger partial charge in [-0.3, -0.25) is 0 Å². The maximum absolute atomic E-state index is 5.90. The molecule has 0 aromatic carbocycles. The first-order valence-corrected chi connectivity index (χ1v) is 4.69. The van der Waals surface area contributed by atoms with Gasteiger partial charge in [0.1, 0.15) is 5.15 Å². The standard InChI is InChI=1S/C9H14ClN3.ClH/c10-9-7(3-2-6-13-9)8(12)4-1-5-11;/h2-3,6,8H,1,4-5,11-12H2;1H/t8-;/m1./s1. The van der Waals surface area contributed by atoms with Crippen LogP contribution in [-0.4, -0.2) is 11.5 Å². The first-order chi connectivity index (χ1) is 6.25. The third kappa shape index (κ3) is 3.80. The molecule has 4 N–H and O–H groups in total. The van der Waals surface area contributed by atoms with Crippen molar-refractivity contribution in [3.05, 3.63) is 29.0 Å². The number of nitrogens with two attached hydrogens (primary N) is 2. The number of halogens is 2. The van der Waals surface area contributed by atoms with Crippen molar-refractivity contribution in [2.45, 2.75) is 18.9 Å². The van der Waals surface area contributed by atoms with Crippen LogP contribution in [0.25, 0.3) is 0 Å². The van der Waals surface area contributed by atoms with Crippen LogP contribution in [0.5, 0.6) is 0 Å². The Morgan fingerprint density at radius 1 is 1.50 bits per heavy atom. The fourth-order valence-electron chi connectivity index (χ4n) is 1.17. The maximum Gasteiger partial charge on any atom is 0.133 e. The van der Waals surface area contributed by atoms with Crippen molar-refractivity contribution in [1.29, 1.82) is 0 Å². The second-order valence-electron chi connectivity index (χ2n) is 2.92. The van der Waals surface area contributed by atoms with Gasteiger partial charge in [0.25, 0.3) is 0 Å². The summed E-state index contributed by atoms with van der Waals surface area (Å²) in [6.07, 6.45) is 3.41. The van der Waals surface area contributed by atoms with E-state index < -0.39 is 0 Å². The molecular weight excluding hydrogens is 221 g/mol. The molecule has 0 amide bonds. The van der Waals surface area contributed by atoms with E-state index in [1.54, 1.807) is 6.20 Å². The summed E-state index contributed by atoms with van der Waals surface area (Å²) in [5.41, 5.74) is 12.2. The van der Waals surface area contributed by atoms with Crippen LogP contribution in [0.1, 0.15) is 24.4 Å². The SMILES string of the molecule is Cl.NCCC[C@@H](N)c1cccnc1Cl. The fourth-order valence-corrected chi connectivity index (χ4v) is 1.43. The van der Waals surface area contributed by atoms with Crippen molar-refractivity contribution in [3.8, 4) is 0 Å². The molecule has 3 nitrogen and oxygen atoms in total. The van der Waals surface area contributed by atoms with Crippen LogP contribution >= 0.6 is 24.0 Å². The Kier molecular flexibility index (Phi) is 6.83. The Morgan fingerprint density at radius 2 is 2.21 bits per heavy atom. The molecule has 0 bridgehead atoms. The molecule has 14 heavy (non-hydrogen) atoms. The lowest BCUT2D eigenvalue weighted by Gasteiger charge is -2.11. The molecule has 0 saturated carbocycles. The number of nitrogens with zero attached hydrogens (tertiary/aromatic N) is 1. The predicted molar refractivity (Wildman–Crippen MR) is 61.7 cm³/mol. The van der Waals surface area contributed by atoms with E-state index in [4.69, 9.17) is 23.1 Å². The molecule has 1 atom stereocenters. The third-order valence-corrected chi connectivity index (χ3v) is 2.22. The van der Waals surface area contributed by atoms with Gasteiger partial charge in [-0.15, -0.1) is 12.4 Å². The van der Waals surface area contributed by atoms with Crippen LogP contribution < -0.4 is 11.5 Å². The van der Waals surface area contributed by atoms with E-state index in [0.29, 0.717) is 11.7 Å². The number of rotatable bonds is 4. The van der Waals surface area contributed by atoms with Crippen LogP contribution in [0, 0.1) is 0 Å². The Balaban J connectivity index is 0.00000169. The molecule has 80 valence electrons. The summed E-state index contributed by atoms with van der Waals surface area (Å²) in [6.45, 7) is 0.658. The number of aromatic nitrogens is 1. The molecule has 0 unspecified atom stereocenters. The van der Waals surface area contributed by atoms with Gasteiger partial charge in [0.2, 0.25) is 0 Å². The summed E-state index contributed by atoms with van der Waals surface area (Å²) < 4.78 is 0. The van der Waals surface area contributed by atoms with Crippen molar-refractivity contribution in [1.82, 2.24) is 4.98 Å². The summed E-state index contributed by atoms with van der Waals surface area (Å²) in [7, 11) is 0. The lowest BCUT2D eigenvalue weighted by molar-refractivity contribution is 0.616. The Hall–Kier alpha value is -0.350. The quantitative estimate of drug-likeness (QED) is 0.784. The van der Waals surface area contributed by atoms with Gasteiger partial charge in [-0.2, -0.15) is 0 Å². The summed E-state index contributed by atoms with van der Waals surface area (Å²) in [5.74, 6) is 0. The molecule has 1 aromatic rings. The minimum atomic E-state index is -0.0512. The highest BCUT2D eigenvalue weighted by molar-refractivity contribution is 6.30. The van der Waals surface area contributed by atoms with Crippen molar-refractivity contribution in [3.63, 3.8) is 0 Å². The lowest BCUT2D eigenvalue weighted by Crippen LogP contribution is -2.13. The Bertz CT molecular complexity index is 268. The van der Waals surface area contributed by atoms with Gasteiger partial charge in [0.15, 0.2) is 0 Å². The molecule has 0 radical (unpaired) electrons. The monoisotopic (exact) mass is 235 g/mol. The average molecular weight is 236 g/mol. The van der Waals surface area contributed by atoms with Crippen LogP contribution in [0.3, 0.4) is 0 Å². The van der Waals surface area contributed by atoms with E-state index >= 15 is 0 Å². The van der Waals surface area contributed by atoms with E-state index in [1.165, 1.54) is 0 Å². The molecule has 0 aliphatic heterocycles. The first-order valence-electron chi connectivity index (χ1n) is 4.31. The topological polar surface area (TPSA) is 64.9 Å². The smallest absolute Gasteiger partial charge is 0.133 e. The zero-order valence-electron chi connectivity index (χ0n) is 7.82. The number of pyridine rings is 1. The molecule has 0 aliphatic carbocycles. The lowest BCUT2D eigenvalue weighted by atomic mass is 10.1. The molecular formula is C9H15Cl2N3. The molecule has 1 rings (SSSR count). The second kappa shape index (κ2) is 7.01. The first kappa shape index (κ1) is 13.7. The number of hydrogen-bond acceptors (Lipinski definition) is 3. The third-order valence-electron chi connectivity index (χ3n) is 1.91. The fraction of sp³-hybridized carbons (Fsp3) is 0.444. The molecule has 0 fully saturated rings. The van der Waals surface area contributed by atoms with Crippen molar-refractivity contribution in [2.75, 3.05) is 6.54 Å². The predicted octanol–water partition coefficient (Wildman–Crippen LogP) is 1.90. The highest BCUT2D eigenvalue weighted by atomic mass is 35.5. The second-order valence-corrected chi connectivity index (χ2v) is 3.28. The van der Waals surface area contributed by atoms with Crippen LogP contribution in [0.4, 0.5) is 0 Å². The van der Waals surface area contributed by atoms with Gasteiger partial charge in [-0.1, -0.05) is 17.7 Å². The summed E-state index contributed by atoms with van der Waals surface area (Å²) in [5, 5.41) is 0.493. The van der Waals surface area contributed by atoms with Gasteiger partial charge >= 0.3 is 0 Å². The van der Waals surface area contributed by atoms with Crippen LogP contribution in [0.15, 0.2) is 18.3 Å².